The summed E-state index contributed by atoms with van der Waals surface area (Å²) in [5.74, 6) is 0.924. The van der Waals surface area contributed by atoms with Crippen LogP contribution < -0.4 is 5.32 Å². The predicted octanol–water partition coefficient (Wildman–Crippen LogP) is 6.14. The van der Waals surface area contributed by atoms with E-state index in [1.807, 2.05) is 48.6 Å². The largest absolute Gasteiger partial charge is 0.507 e. The van der Waals surface area contributed by atoms with E-state index in [-0.39, 0.29) is 11.8 Å². The van der Waals surface area contributed by atoms with Crippen LogP contribution in [0.1, 0.15) is 22.7 Å². The molecule has 0 saturated heterocycles. The summed E-state index contributed by atoms with van der Waals surface area (Å²) in [7, 11) is 0. The molecule has 1 unspecified atom stereocenters. The van der Waals surface area contributed by atoms with Crippen LogP contribution in [0.4, 0.5) is 0 Å². The molecule has 0 aromatic heterocycles. The van der Waals surface area contributed by atoms with Crippen molar-refractivity contribution >= 4 is 41.6 Å². The average Bonchev–Trinajstić information content (AvgIpc) is 2.80. The van der Waals surface area contributed by atoms with Crippen molar-refractivity contribution in [2.75, 3.05) is 0 Å². The van der Waals surface area contributed by atoms with Gasteiger partial charge in [-0.2, -0.15) is 0 Å². The van der Waals surface area contributed by atoms with Crippen molar-refractivity contribution in [1.82, 2.24) is 5.32 Å². The van der Waals surface area contributed by atoms with Crippen LogP contribution in [0.3, 0.4) is 0 Å². The van der Waals surface area contributed by atoms with Crippen molar-refractivity contribution in [3.8, 4) is 5.75 Å². The van der Waals surface area contributed by atoms with Crippen molar-refractivity contribution in [2.24, 2.45) is 9.98 Å². The lowest BCUT2D eigenvalue weighted by Crippen LogP contribution is -2.17. The van der Waals surface area contributed by atoms with Crippen LogP contribution in [-0.2, 0) is 6.54 Å². The van der Waals surface area contributed by atoms with Crippen LogP contribution in [0.5, 0.6) is 5.75 Å². The van der Waals surface area contributed by atoms with Crippen LogP contribution in [0.25, 0.3) is 6.08 Å². The molecule has 1 heterocycles. The van der Waals surface area contributed by atoms with Gasteiger partial charge in [-0.3, -0.25) is 4.99 Å². The van der Waals surface area contributed by atoms with Crippen LogP contribution in [0, 0.1) is 3.57 Å². The van der Waals surface area contributed by atoms with Crippen molar-refractivity contribution in [3.05, 3.63) is 117 Å². The number of rotatable bonds is 8. The highest BCUT2D eigenvalue weighted by Gasteiger charge is 2.22. The minimum atomic E-state index is -0.256. The number of nitrogens with zero attached hydrogens (tertiary/aromatic N) is 2. The van der Waals surface area contributed by atoms with Crippen LogP contribution >= 0.6 is 22.6 Å². The molecule has 2 N–H and O–H groups in total. The van der Waals surface area contributed by atoms with Crippen molar-refractivity contribution in [2.45, 2.75) is 12.6 Å². The van der Waals surface area contributed by atoms with Gasteiger partial charge >= 0.3 is 0 Å². The first-order valence-corrected chi connectivity index (χ1v) is 10.9. The number of aliphatic imine (C=N–C) groups is 2. The first-order valence-electron chi connectivity index (χ1n) is 9.80. The molecule has 31 heavy (non-hydrogen) atoms. The number of hydrogen-bond donors (Lipinski definition) is 2. The van der Waals surface area contributed by atoms with Crippen LogP contribution in [0.15, 0.2) is 107 Å². The monoisotopic (exact) mass is 521 g/mol. The number of benzene rings is 2. The Morgan fingerprint density at radius 2 is 1.97 bits per heavy atom. The lowest BCUT2D eigenvalue weighted by molar-refractivity contribution is 0.470. The van der Waals surface area contributed by atoms with E-state index in [1.165, 1.54) is 0 Å². The molecular weight excluding hydrogens is 497 g/mol. The Kier molecular flexibility index (Phi) is 8.18. The van der Waals surface area contributed by atoms with E-state index < -0.39 is 0 Å². The molecule has 2 aromatic carbocycles. The Labute approximate surface area is 197 Å². The van der Waals surface area contributed by atoms with Gasteiger partial charge in [-0.1, -0.05) is 79.4 Å². The quantitative estimate of drug-likeness (QED) is 0.249. The summed E-state index contributed by atoms with van der Waals surface area (Å²) in [5.41, 5.74) is 4.10. The second-order valence-corrected chi connectivity index (χ2v) is 7.86. The highest BCUT2D eigenvalue weighted by Crippen LogP contribution is 2.36. The number of hydrogen-bond acceptors (Lipinski definition) is 4. The minimum absolute atomic E-state index is 0.248. The maximum absolute atomic E-state index is 10.1. The molecule has 4 nitrogen and oxygen atoms in total. The Morgan fingerprint density at radius 1 is 1.16 bits per heavy atom. The van der Waals surface area contributed by atoms with Gasteiger partial charge in [-0.05, 0) is 58.1 Å². The van der Waals surface area contributed by atoms with Gasteiger partial charge in [0.15, 0.2) is 0 Å². The predicted molar refractivity (Wildman–Crippen MR) is 139 cm³/mol. The molecule has 0 radical (unpaired) electrons. The summed E-state index contributed by atoms with van der Waals surface area (Å²) in [5, 5.41) is 13.5. The maximum Gasteiger partial charge on any atom is 0.131 e. The first-order chi connectivity index (χ1) is 15.1. The molecule has 0 fully saturated rings. The van der Waals surface area contributed by atoms with Crippen molar-refractivity contribution in [1.29, 1.82) is 0 Å². The number of dihydropyridines is 1. The maximum atomic E-state index is 10.1. The third-order valence-corrected chi connectivity index (χ3v) is 5.89. The molecule has 0 aliphatic carbocycles. The Bertz CT molecular complexity index is 1090. The Hall–Kier alpha value is -3.19. The molecule has 0 saturated carbocycles. The molecule has 0 spiro atoms. The topological polar surface area (TPSA) is 57.0 Å². The van der Waals surface area contributed by atoms with E-state index in [2.05, 4.69) is 75.5 Å². The highest BCUT2D eigenvalue weighted by atomic mass is 127. The smallest absolute Gasteiger partial charge is 0.131 e. The molecule has 1 aliphatic rings. The van der Waals surface area contributed by atoms with E-state index in [0.29, 0.717) is 12.4 Å². The Morgan fingerprint density at radius 3 is 2.71 bits per heavy atom. The molecule has 0 bridgehead atoms. The van der Waals surface area contributed by atoms with Gasteiger partial charge in [0, 0.05) is 18.3 Å². The van der Waals surface area contributed by atoms with Gasteiger partial charge in [0.05, 0.1) is 3.57 Å². The standard InChI is InChI=1S/C26H24IN3O/c1-3-4-5-6-9-19-13-15-20(16-14-19)18-30-26(28-2)22-11-8-17-29-25(22)21-10-7-12-23(31)24(21)27/h3-17,25,30-31H,1-2,18H2/b5-4-,9-6+,26-22?. The fraction of sp³-hybridized carbons (Fsp3) is 0.0769. The molecule has 1 aliphatic heterocycles. The van der Waals surface area contributed by atoms with Gasteiger partial charge in [-0.15, -0.1) is 0 Å². The first kappa shape index (κ1) is 22.5. The zero-order valence-corrected chi connectivity index (χ0v) is 19.2. The summed E-state index contributed by atoms with van der Waals surface area (Å²) in [6, 6.07) is 13.5. The summed E-state index contributed by atoms with van der Waals surface area (Å²) < 4.78 is 0.782. The number of halogens is 1. The third-order valence-electron chi connectivity index (χ3n) is 4.71. The van der Waals surface area contributed by atoms with E-state index >= 15 is 0 Å². The van der Waals surface area contributed by atoms with Gasteiger partial charge in [0.25, 0.3) is 0 Å². The van der Waals surface area contributed by atoms with Gasteiger partial charge in [0.1, 0.15) is 17.6 Å². The summed E-state index contributed by atoms with van der Waals surface area (Å²) >= 11 is 2.15. The third kappa shape index (κ3) is 5.92. The number of aromatic hydroxyl groups is 1. The Balaban J connectivity index is 1.78. The fourth-order valence-corrected chi connectivity index (χ4v) is 3.80. The summed E-state index contributed by atoms with van der Waals surface area (Å²) in [6.07, 6.45) is 15.3. The number of phenols is 1. The second kappa shape index (κ2) is 11.3. The van der Waals surface area contributed by atoms with Crippen molar-refractivity contribution in [3.63, 3.8) is 0 Å². The van der Waals surface area contributed by atoms with Gasteiger partial charge in [-0.25, -0.2) is 4.99 Å². The number of nitrogens with one attached hydrogen (secondary N) is 1. The van der Waals surface area contributed by atoms with E-state index in [9.17, 15) is 5.11 Å². The van der Waals surface area contributed by atoms with Gasteiger partial charge < -0.3 is 10.4 Å². The summed E-state index contributed by atoms with van der Waals surface area (Å²) in [4.78, 5) is 8.86. The molecule has 156 valence electrons. The minimum Gasteiger partial charge on any atom is -0.507 e. The van der Waals surface area contributed by atoms with Crippen molar-refractivity contribution < 1.29 is 5.11 Å². The summed E-state index contributed by atoms with van der Waals surface area (Å²) in [6.45, 7) is 8.02. The van der Waals surface area contributed by atoms with E-state index in [4.69, 9.17) is 0 Å². The number of phenolic OH excluding ortho intramolecular Hbond substituents is 1. The molecule has 2 aromatic rings. The molecule has 0 amide bonds. The van der Waals surface area contributed by atoms with Gasteiger partial charge in [0.2, 0.25) is 0 Å². The van der Waals surface area contributed by atoms with Crippen LogP contribution in [0.2, 0.25) is 0 Å². The number of allylic oxidation sites excluding steroid dienone is 5. The second-order valence-electron chi connectivity index (χ2n) is 6.78. The van der Waals surface area contributed by atoms with E-state index in [0.717, 1.165) is 25.8 Å². The zero-order valence-electron chi connectivity index (χ0n) is 17.1. The molecule has 3 rings (SSSR count). The molecule has 1 atom stereocenters. The normalized spacial score (nSPS) is 17.3. The zero-order chi connectivity index (χ0) is 22.1. The average molecular weight is 521 g/mol. The molecular formula is C26H24IN3O. The fourth-order valence-electron chi connectivity index (χ4n) is 3.15. The SMILES string of the molecule is C=C/C=C\C=C\c1ccc(CNC(N=C)=C2C=CC=NC2c2cccc(O)c2I)cc1. The lowest BCUT2D eigenvalue weighted by Gasteiger charge is -2.21. The van der Waals surface area contributed by atoms with Crippen LogP contribution in [-0.4, -0.2) is 18.0 Å². The van der Waals surface area contributed by atoms with E-state index in [1.54, 1.807) is 18.4 Å². The lowest BCUT2D eigenvalue weighted by atomic mass is 9.96. The molecule has 5 heteroatoms. The highest BCUT2D eigenvalue weighted by molar-refractivity contribution is 14.1.